The molecule has 25 heavy (non-hydrogen) atoms. The van der Waals surface area contributed by atoms with Crippen LogP contribution in [0.4, 0.5) is 4.79 Å². The number of ether oxygens (including phenoxy) is 1. The zero-order chi connectivity index (χ0) is 18.0. The second-order valence-corrected chi connectivity index (χ2v) is 7.43. The summed E-state index contributed by atoms with van der Waals surface area (Å²) in [5, 5.41) is 4.49. The maximum atomic E-state index is 12.1. The van der Waals surface area contributed by atoms with Crippen LogP contribution in [0.1, 0.15) is 45.5 Å². The molecule has 7 nitrogen and oxygen atoms in total. The van der Waals surface area contributed by atoms with E-state index in [1.165, 1.54) is 0 Å². The number of nitrogens with zero attached hydrogens (tertiary/aromatic N) is 5. The Morgan fingerprint density at radius 1 is 1.12 bits per heavy atom. The molecular formula is C18H25N5O2. The van der Waals surface area contributed by atoms with Crippen LogP contribution in [0, 0.1) is 6.92 Å². The van der Waals surface area contributed by atoms with Gasteiger partial charge in [-0.25, -0.2) is 14.8 Å². The standard InChI is InChI=1S/C18H25N5O2/c1-13-19-9-14(10-20-13)15-11-21-23(12-15)16-5-7-22(8-6-16)17(24)25-18(2,3)4/h9-12,16H,5-8H2,1-4H3. The van der Waals surface area contributed by atoms with Gasteiger partial charge in [0.15, 0.2) is 0 Å². The van der Waals surface area contributed by atoms with E-state index < -0.39 is 5.60 Å². The largest absolute Gasteiger partial charge is 0.444 e. The molecule has 1 amide bonds. The Morgan fingerprint density at radius 3 is 2.36 bits per heavy atom. The molecule has 0 atom stereocenters. The predicted octanol–water partition coefficient (Wildman–Crippen LogP) is 3.22. The Morgan fingerprint density at radius 2 is 1.76 bits per heavy atom. The molecule has 3 rings (SSSR count). The summed E-state index contributed by atoms with van der Waals surface area (Å²) < 4.78 is 7.43. The van der Waals surface area contributed by atoms with Gasteiger partial charge in [-0.1, -0.05) is 0 Å². The Hall–Kier alpha value is -2.44. The lowest BCUT2D eigenvalue weighted by molar-refractivity contribution is 0.0185. The number of likely N-dealkylation sites (tertiary alicyclic amines) is 1. The molecule has 0 aromatic carbocycles. The fourth-order valence-corrected chi connectivity index (χ4v) is 2.87. The minimum Gasteiger partial charge on any atom is -0.444 e. The van der Waals surface area contributed by atoms with Gasteiger partial charge in [-0.05, 0) is 40.5 Å². The molecule has 0 radical (unpaired) electrons. The normalized spacial score (nSPS) is 16.1. The molecule has 3 heterocycles. The molecule has 0 unspecified atom stereocenters. The molecule has 0 bridgehead atoms. The Kier molecular flexibility index (Phi) is 4.74. The molecule has 2 aromatic rings. The van der Waals surface area contributed by atoms with Crippen molar-refractivity contribution in [2.45, 2.75) is 52.2 Å². The van der Waals surface area contributed by atoms with E-state index in [9.17, 15) is 4.79 Å². The van der Waals surface area contributed by atoms with E-state index in [1.54, 1.807) is 4.90 Å². The van der Waals surface area contributed by atoms with Crippen LogP contribution >= 0.6 is 0 Å². The number of piperidine rings is 1. The van der Waals surface area contributed by atoms with Gasteiger partial charge < -0.3 is 9.64 Å². The van der Waals surface area contributed by atoms with Gasteiger partial charge in [-0.2, -0.15) is 5.10 Å². The van der Waals surface area contributed by atoms with Crippen molar-refractivity contribution in [3.63, 3.8) is 0 Å². The molecule has 134 valence electrons. The van der Waals surface area contributed by atoms with E-state index in [4.69, 9.17) is 4.74 Å². The molecule has 2 aromatic heterocycles. The van der Waals surface area contributed by atoms with E-state index >= 15 is 0 Å². The lowest BCUT2D eigenvalue weighted by atomic mass is 10.1. The van der Waals surface area contributed by atoms with Gasteiger partial charge in [0, 0.05) is 42.8 Å². The maximum absolute atomic E-state index is 12.1. The Labute approximate surface area is 148 Å². The third kappa shape index (κ3) is 4.35. The van der Waals surface area contributed by atoms with Crippen LogP contribution in [-0.4, -0.2) is 49.4 Å². The van der Waals surface area contributed by atoms with Crippen molar-refractivity contribution < 1.29 is 9.53 Å². The molecule has 0 N–H and O–H groups in total. The van der Waals surface area contributed by atoms with Gasteiger partial charge in [-0.15, -0.1) is 0 Å². The van der Waals surface area contributed by atoms with E-state index in [2.05, 4.69) is 15.1 Å². The number of hydrogen-bond acceptors (Lipinski definition) is 5. The highest BCUT2D eigenvalue weighted by Crippen LogP contribution is 2.25. The van der Waals surface area contributed by atoms with Gasteiger partial charge >= 0.3 is 6.09 Å². The topological polar surface area (TPSA) is 73.1 Å². The first-order valence-electron chi connectivity index (χ1n) is 8.63. The molecule has 1 saturated heterocycles. The zero-order valence-electron chi connectivity index (χ0n) is 15.3. The molecule has 0 saturated carbocycles. The van der Waals surface area contributed by atoms with Crippen molar-refractivity contribution in [3.05, 3.63) is 30.6 Å². The molecule has 0 spiro atoms. The van der Waals surface area contributed by atoms with Gasteiger partial charge in [0.05, 0.1) is 12.2 Å². The third-order valence-electron chi connectivity index (χ3n) is 4.21. The molecule has 1 aliphatic rings. The number of carbonyl (C=O) groups excluding carboxylic acids is 1. The summed E-state index contributed by atoms with van der Waals surface area (Å²) >= 11 is 0. The van der Waals surface area contributed by atoms with E-state index in [0.717, 1.165) is 29.8 Å². The second-order valence-electron chi connectivity index (χ2n) is 7.43. The first-order chi connectivity index (χ1) is 11.8. The van der Waals surface area contributed by atoms with Crippen molar-refractivity contribution in [2.75, 3.05) is 13.1 Å². The number of rotatable bonds is 2. The van der Waals surface area contributed by atoms with Crippen LogP contribution < -0.4 is 0 Å². The fraction of sp³-hybridized carbons (Fsp3) is 0.556. The summed E-state index contributed by atoms with van der Waals surface area (Å²) in [6, 6.07) is 0.291. The summed E-state index contributed by atoms with van der Waals surface area (Å²) in [6.45, 7) is 8.89. The second kappa shape index (κ2) is 6.82. The molecule has 1 aliphatic heterocycles. The first-order valence-corrected chi connectivity index (χ1v) is 8.63. The van der Waals surface area contributed by atoms with Crippen molar-refractivity contribution in [3.8, 4) is 11.1 Å². The highest BCUT2D eigenvalue weighted by Gasteiger charge is 2.27. The smallest absolute Gasteiger partial charge is 0.410 e. The van der Waals surface area contributed by atoms with Crippen molar-refractivity contribution in [1.29, 1.82) is 0 Å². The summed E-state index contributed by atoms with van der Waals surface area (Å²) in [5.74, 6) is 0.755. The number of hydrogen-bond donors (Lipinski definition) is 0. The van der Waals surface area contributed by atoms with Crippen LogP contribution in [0.5, 0.6) is 0 Å². The molecule has 0 aliphatic carbocycles. The van der Waals surface area contributed by atoms with Crippen LogP contribution in [0.25, 0.3) is 11.1 Å². The van der Waals surface area contributed by atoms with Gasteiger partial charge in [0.1, 0.15) is 11.4 Å². The average molecular weight is 343 g/mol. The first kappa shape index (κ1) is 17.4. The Balaban J connectivity index is 1.60. The summed E-state index contributed by atoms with van der Waals surface area (Å²) in [7, 11) is 0. The van der Waals surface area contributed by atoms with Crippen molar-refractivity contribution in [1.82, 2.24) is 24.6 Å². The summed E-state index contributed by atoms with van der Waals surface area (Å²) in [6.07, 6.45) is 9.00. The lowest BCUT2D eigenvalue weighted by Crippen LogP contribution is -2.42. The minimum absolute atomic E-state index is 0.232. The Bertz CT molecular complexity index is 725. The number of aromatic nitrogens is 4. The van der Waals surface area contributed by atoms with Crippen LogP contribution in [0.3, 0.4) is 0 Å². The van der Waals surface area contributed by atoms with Crippen LogP contribution in [0.2, 0.25) is 0 Å². The number of amides is 1. The maximum Gasteiger partial charge on any atom is 0.410 e. The zero-order valence-corrected chi connectivity index (χ0v) is 15.3. The van der Waals surface area contributed by atoms with E-state index in [-0.39, 0.29) is 6.09 Å². The minimum atomic E-state index is -0.457. The fourth-order valence-electron chi connectivity index (χ4n) is 2.87. The monoisotopic (exact) mass is 343 g/mol. The van der Waals surface area contributed by atoms with Crippen molar-refractivity contribution >= 4 is 6.09 Å². The van der Waals surface area contributed by atoms with Crippen LogP contribution in [0.15, 0.2) is 24.8 Å². The quantitative estimate of drug-likeness (QED) is 0.837. The average Bonchev–Trinajstić information content (AvgIpc) is 3.04. The number of carbonyl (C=O) groups is 1. The molecular weight excluding hydrogens is 318 g/mol. The van der Waals surface area contributed by atoms with Gasteiger partial charge in [0.2, 0.25) is 0 Å². The molecule has 1 fully saturated rings. The summed E-state index contributed by atoms with van der Waals surface area (Å²) in [5.41, 5.74) is 1.51. The molecule has 7 heteroatoms. The van der Waals surface area contributed by atoms with Crippen molar-refractivity contribution in [2.24, 2.45) is 0 Å². The van der Waals surface area contributed by atoms with Gasteiger partial charge in [-0.3, -0.25) is 4.68 Å². The highest BCUT2D eigenvalue weighted by molar-refractivity contribution is 5.68. The van der Waals surface area contributed by atoms with E-state index in [1.807, 2.05) is 57.2 Å². The SMILES string of the molecule is Cc1ncc(-c2cnn(C3CCN(C(=O)OC(C)(C)C)CC3)c2)cn1. The number of aryl methyl sites for hydroxylation is 1. The third-order valence-corrected chi connectivity index (χ3v) is 4.21. The highest BCUT2D eigenvalue weighted by atomic mass is 16.6. The predicted molar refractivity (Wildman–Crippen MR) is 94.1 cm³/mol. The van der Waals surface area contributed by atoms with Crippen LogP contribution in [-0.2, 0) is 4.74 Å². The van der Waals surface area contributed by atoms with Gasteiger partial charge in [0.25, 0.3) is 0 Å². The summed E-state index contributed by atoms with van der Waals surface area (Å²) in [4.78, 5) is 22.4. The lowest BCUT2D eigenvalue weighted by Gasteiger charge is -2.33. The van der Waals surface area contributed by atoms with E-state index in [0.29, 0.717) is 19.1 Å².